The molecule has 0 aliphatic heterocycles. The van der Waals surface area contributed by atoms with Gasteiger partial charge >= 0.3 is 0 Å². The Morgan fingerprint density at radius 1 is 1.48 bits per heavy atom. The maximum Gasteiger partial charge on any atom is 0.253 e. The van der Waals surface area contributed by atoms with Crippen LogP contribution in [0, 0.1) is 5.92 Å². The fourth-order valence-electron chi connectivity index (χ4n) is 2.07. The van der Waals surface area contributed by atoms with Gasteiger partial charge in [0.2, 0.25) is 0 Å². The van der Waals surface area contributed by atoms with Crippen molar-refractivity contribution in [2.75, 3.05) is 11.9 Å². The van der Waals surface area contributed by atoms with E-state index in [0.29, 0.717) is 12.5 Å². The third-order valence-electron chi connectivity index (χ3n) is 3.61. The molecule has 21 heavy (non-hydrogen) atoms. The summed E-state index contributed by atoms with van der Waals surface area (Å²) in [6, 6.07) is 7.69. The third kappa shape index (κ3) is 3.70. The van der Waals surface area contributed by atoms with Gasteiger partial charge in [-0.15, -0.1) is 0 Å². The van der Waals surface area contributed by atoms with E-state index in [2.05, 4.69) is 15.5 Å². The van der Waals surface area contributed by atoms with Crippen LogP contribution in [0.4, 0.5) is 5.69 Å². The molecule has 1 aromatic heterocycles. The Hall–Kier alpha value is -2.14. The number of hydrogen-bond acceptors (Lipinski definition) is 3. The summed E-state index contributed by atoms with van der Waals surface area (Å²) in [5, 5.41) is 9.61. The zero-order chi connectivity index (χ0) is 14.7. The van der Waals surface area contributed by atoms with Crippen LogP contribution in [0.3, 0.4) is 0 Å². The number of amides is 1. The number of carbonyl (C=O) groups is 1. The lowest BCUT2D eigenvalue weighted by molar-refractivity contribution is -0.126. The number of nitrogens with zero attached hydrogens (tertiary/aromatic N) is 1. The predicted octanol–water partition coefficient (Wildman–Crippen LogP) is 2.83. The SMILES string of the molecule is C[C@@H](OCC1CC1)C(=O)Nc1cccc(-c2cn[nH]c2)c1. The molecule has 1 aliphatic rings. The quantitative estimate of drug-likeness (QED) is 0.857. The lowest BCUT2D eigenvalue weighted by atomic mass is 10.1. The lowest BCUT2D eigenvalue weighted by Crippen LogP contribution is -2.28. The van der Waals surface area contributed by atoms with Crippen LogP contribution in [0.5, 0.6) is 0 Å². The zero-order valence-corrected chi connectivity index (χ0v) is 12.0. The molecule has 0 saturated heterocycles. The van der Waals surface area contributed by atoms with Crippen LogP contribution in [0.15, 0.2) is 36.7 Å². The highest BCUT2D eigenvalue weighted by atomic mass is 16.5. The molecule has 0 radical (unpaired) electrons. The van der Waals surface area contributed by atoms with Gasteiger partial charge in [0.1, 0.15) is 6.10 Å². The number of aromatic nitrogens is 2. The Kier molecular flexibility index (Phi) is 4.01. The van der Waals surface area contributed by atoms with Crippen molar-refractivity contribution in [1.29, 1.82) is 0 Å². The summed E-state index contributed by atoms with van der Waals surface area (Å²) in [5.41, 5.74) is 2.76. The van der Waals surface area contributed by atoms with E-state index in [0.717, 1.165) is 16.8 Å². The van der Waals surface area contributed by atoms with E-state index in [4.69, 9.17) is 4.74 Å². The van der Waals surface area contributed by atoms with Gasteiger partial charge in [-0.2, -0.15) is 5.10 Å². The molecule has 5 nitrogen and oxygen atoms in total. The number of hydrogen-bond donors (Lipinski definition) is 2. The molecule has 0 unspecified atom stereocenters. The maximum absolute atomic E-state index is 12.1. The number of nitrogens with one attached hydrogen (secondary N) is 2. The molecule has 1 saturated carbocycles. The summed E-state index contributed by atoms with van der Waals surface area (Å²) >= 11 is 0. The summed E-state index contributed by atoms with van der Waals surface area (Å²) in [7, 11) is 0. The second kappa shape index (κ2) is 6.10. The highest BCUT2D eigenvalue weighted by molar-refractivity contribution is 5.94. The molecule has 3 rings (SSSR count). The summed E-state index contributed by atoms with van der Waals surface area (Å²) in [5.74, 6) is 0.546. The molecule has 1 fully saturated rings. The van der Waals surface area contributed by atoms with E-state index in [-0.39, 0.29) is 5.91 Å². The van der Waals surface area contributed by atoms with Crippen molar-refractivity contribution in [1.82, 2.24) is 10.2 Å². The van der Waals surface area contributed by atoms with E-state index in [1.807, 2.05) is 30.5 Å². The van der Waals surface area contributed by atoms with Crippen molar-refractivity contribution in [3.05, 3.63) is 36.7 Å². The third-order valence-corrected chi connectivity index (χ3v) is 3.61. The fourth-order valence-corrected chi connectivity index (χ4v) is 2.07. The van der Waals surface area contributed by atoms with Crippen LogP contribution in [0.1, 0.15) is 19.8 Å². The fraction of sp³-hybridized carbons (Fsp3) is 0.375. The van der Waals surface area contributed by atoms with E-state index >= 15 is 0 Å². The van der Waals surface area contributed by atoms with Crippen molar-refractivity contribution in [3.8, 4) is 11.1 Å². The minimum absolute atomic E-state index is 0.111. The minimum Gasteiger partial charge on any atom is -0.368 e. The van der Waals surface area contributed by atoms with Crippen molar-refractivity contribution < 1.29 is 9.53 Å². The molecule has 1 heterocycles. The average Bonchev–Trinajstić information content (AvgIpc) is 3.16. The van der Waals surface area contributed by atoms with Crippen molar-refractivity contribution in [2.24, 2.45) is 5.92 Å². The molecular weight excluding hydrogens is 266 g/mol. The van der Waals surface area contributed by atoms with Crippen LogP contribution in [-0.2, 0) is 9.53 Å². The van der Waals surface area contributed by atoms with Gasteiger partial charge in [-0.1, -0.05) is 12.1 Å². The number of H-pyrrole nitrogens is 1. The Labute approximate surface area is 123 Å². The Morgan fingerprint density at radius 3 is 3.05 bits per heavy atom. The van der Waals surface area contributed by atoms with E-state index in [1.54, 1.807) is 13.1 Å². The topological polar surface area (TPSA) is 67.0 Å². The Bertz CT molecular complexity index is 606. The summed E-state index contributed by atoms with van der Waals surface area (Å²) in [4.78, 5) is 12.1. The summed E-state index contributed by atoms with van der Waals surface area (Å²) in [6.07, 6.45) is 5.59. The second-order valence-electron chi connectivity index (χ2n) is 5.48. The van der Waals surface area contributed by atoms with Gasteiger partial charge in [-0.05, 0) is 43.4 Å². The number of ether oxygens (including phenoxy) is 1. The van der Waals surface area contributed by atoms with Gasteiger partial charge in [-0.25, -0.2) is 0 Å². The van der Waals surface area contributed by atoms with Gasteiger partial charge in [-0.3, -0.25) is 9.89 Å². The number of aromatic amines is 1. The smallest absolute Gasteiger partial charge is 0.253 e. The van der Waals surface area contributed by atoms with Crippen LogP contribution in [0.25, 0.3) is 11.1 Å². The van der Waals surface area contributed by atoms with Crippen LogP contribution < -0.4 is 5.32 Å². The van der Waals surface area contributed by atoms with Gasteiger partial charge < -0.3 is 10.1 Å². The number of benzene rings is 1. The number of anilines is 1. The first-order valence-corrected chi connectivity index (χ1v) is 7.24. The standard InChI is InChI=1S/C16H19N3O2/c1-11(21-10-12-5-6-12)16(20)19-15-4-2-3-13(7-15)14-8-17-18-9-14/h2-4,7-9,11-12H,5-6,10H2,1H3,(H,17,18)(H,19,20)/t11-/m1/s1. The van der Waals surface area contributed by atoms with E-state index in [9.17, 15) is 4.79 Å². The van der Waals surface area contributed by atoms with Crippen molar-refractivity contribution in [3.63, 3.8) is 0 Å². The van der Waals surface area contributed by atoms with Gasteiger partial charge in [0.15, 0.2) is 0 Å². The van der Waals surface area contributed by atoms with Gasteiger partial charge in [0, 0.05) is 17.4 Å². The highest BCUT2D eigenvalue weighted by Gasteiger charge is 2.24. The average molecular weight is 285 g/mol. The molecule has 5 heteroatoms. The number of carbonyl (C=O) groups excluding carboxylic acids is 1. The molecule has 1 atom stereocenters. The highest BCUT2D eigenvalue weighted by Crippen LogP contribution is 2.29. The first kappa shape index (κ1) is 13.8. The van der Waals surface area contributed by atoms with Crippen molar-refractivity contribution in [2.45, 2.75) is 25.9 Å². The lowest BCUT2D eigenvalue weighted by Gasteiger charge is -2.13. The molecule has 0 spiro atoms. The maximum atomic E-state index is 12.1. The number of rotatable bonds is 6. The van der Waals surface area contributed by atoms with E-state index < -0.39 is 6.10 Å². The van der Waals surface area contributed by atoms with Crippen LogP contribution in [0.2, 0.25) is 0 Å². The molecule has 1 amide bonds. The molecular formula is C16H19N3O2. The molecule has 1 aromatic carbocycles. The molecule has 2 aromatic rings. The molecule has 110 valence electrons. The Morgan fingerprint density at radius 2 is 2.33 bits per heavy atom. The van der Waals surface area contributed by atoms with Gasteiger partial charge in [0.05, 0.1) is 12.8 Å². The molecule has 0 bridgehead atoms. The van der Waals surface area contributed by atoms with Crippen LogP contribution >= 0.6 is 0 Å². The summed E-state index contributed by atoms with van der Waals surface area (Å²) in [6.45, 7) is 2.47. The molecule has 2 N–H and O–H groups in total. The molecule has 1 aliphatic carbocycles. The summed E-state index contributed by atoms with van der Waals surface area (Å²) < 4.78 is 5.58. The first-order chi connectivity index (χ1) is 10.2. The predicted molar refractivity (Wildman–Crippen MR) is 80.8 cm³/mol. The second-order valence-corrected chi connectivity index (χ2v) is 5.48. The van der Waals surface area contributed by atoms with Gasteiger partial charge in [0.25, 0.3) is 5.91 Å². The van der Waals surface area contributed by atoms with Crippen molar-refractivity contribution >= 4 is 11.6 Å². The van der Waals surface area contributed by atoms with E-state index in [1.165, 1.54) is 12.8 Å². The Balaban J connectivity index is 1.61. The minimum atomic E-state index is -0.428. The monoisotopic (exact) mass is 285 g/mol. The van der Waals surface area contributed by atoms with Crippen LogP contribution in [-0.4, -0.2) is 28.8 Å². The zero-order valence-electron chi connectivity index (χ0n) is 12.0. The largest absolute Gasteiger partial charge is 0.368 e. The first-order valence-electron chi connectivity index (χ1n) is 7.24. The normalized spacial score (nSPS) is 15.7.